The van der Waals surface area contributed by atoms with Crippen LogP contribution in [0.25, 0.3) is 22.4 Å². The zero-order valence-corrected chi connectivity index (χ0v) is 10.5. The molecule has 96 valence electrons. The SMILES string of the molecule is Nc1n[nH]c(-c2ccsc2)c1-c1ccc(F)cc1F. The molecule has 3 rings (SSSR count). The van der Waals surface area contributed by atoms with E-state index in [4.69, 9.17) is 5.73 Å². The molecular formula is C13H9F2N3S. The van der Waals surface area contributed by atoms with Gasteiger partial charge in [-0.1, -0.05) is 0 Å². The standard InChI is InChI=1S/C13H9F2N3S/c14-8-1-2-9(10(15)5-8)11-12(17-18-13(11)16)7-3-4-19-6-7/h1-6H,(H3,16,17,18). The van der Waals surface area contributed by atoms with E-state index in [-0.39, 0.29) is 11.4 Å². The summed E-state index contributed by atoms with van der Waals surface area (Å²) in [6, 6.07) is 5.27. The van der Waals surface area contributed by atoms with Crippen molar-refractivity contribution in [3.63, 3.8) is 0 Å². The summed E-state index contributed by atoms with van der Waals surface area (Å²) in [4.78, 5) is 0. The molecular weight excluding hydrogens is 268 g/mol. The fourth-order valence-electron chi connectivity index (χ4n) is 1.94. The van der Waals surface area contributed by atoms with Gasteiger partial charge in [-0.2, -0.15) is 16.4 Å². The summed E-state index contributed by atoms with van der Waals surface area (Å²) in [6.45, 7) is 0. The van der Waals surface area contributed by atoms with E-state index in [1.165, 1.54) is 23.5 Å². The van der Waals surface area contributed by atoms with Gasteiger partial charge in [0.25, 0.3) is 0 Å². The van der Waals surface area contributed by atoms with Gasteiger partial charge in [0.05, 0.1) is 11.3 Å². The molecule has 2 aromatic heterocycles. The van der Waals surface area contributed by atoms with Crippen molar-refractivity contribution in [2.24, 2.45) is 0 Å². The minimum atomic E-state index is -0.662. The van der Waals surface area contributed by atoms with Crippen LogP contribution < -0.4 is 5.73 Å². The molecule has 0 aliphatic carbocycles. The van der Waals surface area contributed by atoms with E-state index < -0.39 is 11.6 Å². The summed E-state index contributed by atoms with van der Waals surface area (Å²) in [5, 5.41) is 10.5. The van der Waals surface area contributed by atoms with Gasteiger partial charge in [-0.3, -0.25) is 5.10 Å². The number of rotatable bonds is 2. The Morgan fingerprint density at radius 2 is 2.05 bits per heavy atom. The third-order valence-electron chi connectivity index (χ3n) is 2.80. The van der Waals surface area contributed by atoms with E-state index in [1.807, 2.05) is 16.8 Å². The molecule has 0 radical (unpaired) electrons. The van der Waals surface area contributed by atoms with Gasteiger partial charge in [0, 0.05) is 22.6 Å². The largest absolute Gasteiger partial charge is 0.382 e. The Kier molecular flexibility index (Phi) is 2.79. The lowest BCUT2D eigenvalue weighted by atomic mass is 10.0. The van der Waals surface area contributed by atoms with Crippen LogP contribution in [0.2, 0.25) is 0 Å². The Balaban J connectivity index is 2.22. The zero-order chi connectivity index (χ0) is 13.4. The monoisotopic (exact) mass is 277 g/mol. The second-order valence-electron chi connectivity index (χ2n) is 4.00. The van der Waals surface area contributed by atoms with Crippen molar-refractivity contribution in [3.8, 4) is 22.4 Å². The molecule has 0 aliphatic heterocycles. The number of nitrogen functional groups attached to an aromatic ring is 1. The minimum absolute atomic E-state index is 0.187. The first-order chi connectivity index (χ1) is 9.16. The molecule has 0 saturated heterocycles. The molecule has 0 atom stereocenters. The molecule has 3 N–H and O–H groups in total. The summed E-state index contributed by atoms with van der Waals surface area (Å²) in [7, 11) is 0. The van der Waals surface area contributed by atoms with E-state index in [2.05, 4.69) is 10.2 Å². The number of nitrogens with two attached hydrogens (primary N) is 1. The number of halogens is 2. The number of H-pyrrole nitrogens is 1. The lowest BCUT2D eigenvalue weighted by Gasteiger charge is -2.05. The number of hydrogen-bond acceptors (Lipinski definition) is 3. The Morgan fingerprint density at radius 3 is 2.74 bits per heavy atom. The number of thiophene rings is 1. The molecule has 0 unspecified atom stereocenters. The third-order valence-corrected chi connectivity index (χ3v) is 3.49. The second kappa shape index (κ2) is 4.47. The molecule has 2 heterocycles. The molecule has 3 aromatic rings. The average Bonchev–Trinajstić information content (AvgIpc) is 2.99. The van der Waals surface area contributed by atoms with Crippen molar-refractivity contribution in [3.05, 3.63) is 46.7 Å². The van der Waals surface area contributed by atoms with Gasteiger partial charge in [0.15, 0.2) is 5.82 Å². The van der Waals surface area contributed by atoms with Crippen LogP contribution in [0.15, 0.2) is 35.0 Å². The van der Waals surface area contributed by atoms with E-state index in [9.17, 15) is 8.78 Å². The lowest BCUT2D eigenvalue weighted by Crippen LogP contribution is -1.92. The lowest BCUT2D eigenvalue weighted by molar-refractivity contribution is 0.585. The van der Waals surface area contributed by atoms with Gasteiger partial charge in [-0.15, -0.1) is 0 Å². The topological polar surface area (TPSA) is 54.7 Å². The summed E-state index contributed by atoms with van der Waals surface area (Å²) < 4.78 is 26.9. The Hall–Kier alpha value is -2.21. The minimum Gasteiger partial charge on any atom is -0.382 e. The fraction of sp³-hybridized carbons (Fsp3) is 0. The van der Waals surface area contributed by atoms with Gasteiger partial charge in [0.2, 0.25) is 0 Å². The number of aromatic nitrogens is 2. The second-order valence-corrected chi connectivity index (χ2v) is 4.78. The molecule has 0 amide bonds. The number of anilines is 1. The van der Waals surface area contributed by atoms with Gasteiger partial charge >= 0.3 is 0 Å². The van der Waals surface area contributed by atoms with Gasteiger partial charge in [-0.25, -0.2) is 8.78 Å². The van der Waals surface area contributed by atoms with Crippen LogP contribution in [0, 0.1) is 11.6 Å². The molecule has 0 saturated carbocycles. The maximum absolute atomic E-state index is 13.9. The highest BCUT2D eigenvalue weighted by Gasteiger charge is 2.18. The highest BCUT2D eigenvalue weighted by molar-refractivity contribution is 7.08. The number of nitrogens with zero attached hydrogens (tertiary/aromatic N) is 1. The van der Waals surface area contributed by atoms with Gasteiger partial charge in [0.1, 0.15) is 11.6 Å². The summed E-state index contributed by atoms with van der Waals surface area (Å²) in [5.41, 5.74) is 7.97. The van der Waals surface area contributed by atoms with E-state index in [1.54, 1.807) is 0 Å². The van der Waals surface area contributed by atoms with E-state index in [0.29, 0.717) is 11.3 Å². The first-order valence-electron chi connectivity index (χ1n) is 5.48. The predicted octanol–water partition coefficient (Wildman–Crippen LogP) is 3.67. The van der Waals surface area contributed by atoms with E-state index in [0.717, 1.165) is 11.6 Å². The molecule has 0 bridgehead atoms. The van der Waals surface area contributed by atoms with Crippen LogP contribution in [0.3, 0.4) is 0 Å². The first-order valence-corrected chi connectivity index (χ1v) is 6.43. The maximum Gasteiger partial charge on any atom is 0.153 e. The molecule has 1 aromatic carbocycles. The molecule has 3 nitrogen and oxygen atoms in total. The Morgan fingerprint density at radius 1 is 1.21 bits per heavy atom. The van der Waals surface area contributed by atoms with Crippen LogP contribution in [0.1, 0.15) is 0 Å². The number of benzene rings is 1. The van der Waals surface area contributed by atoms with E-state index >= 15 is 0 Å². The normalized spacial score (nSPS) is 10.8. The molecule has 0 fully saturated rings. The summed E-state index contributed by atoms with van der Waals surface area (Å²) >= 11 is 1.51. The highest BCUT2D eigenvalue weighted by atomic mass is 32.1. The number of nitrogens with one attached hydrogen (secondary N) is 1. The van der Waals surface area contributed by atoms with Crippen molar-refractivity contribution in [2.75, 3.05) is 5.73 Å². The molecule has 6 heteroatoms. The maximum atomic E-state index is 13.9. The summed E-state index contributed by atoms with van der Waals surface area (Å²) in [5.74, 6) is -1.10. The van der Waals surface area contributed by atoms with Crippen LogP contribution in [0.5, 0.6) is 0 Å². The number of hydrogen-bond donors (Lipinski definition) is 2. The quantitative estimate of drug-likeness (QED) is 0.751. The summed E-state index contributed by atoms with van der Waals surface area (Å²) in [6.07, 6.45) is 0. The van der Waals surface area contributed by atoms with Crippen molar-refractivity contribution >= 4 is 17.2 Å². The van der Waals surface area contributed by atoms with Gasteiger partial charge < -0.3 is 5.73 Å². The van der Waals surface area contributed by atoms with Crippen LogP contribution in [-0.4, -0.2) is 10.2 Å². The average molecular weight is 277 g/mol. The molecule has 19 heavy (non-hydrogen) atoms. The predicted molar refractivity (Wildman–Crippen MR) is 71.7 cm³/mol. The Labute approximate surface area is 111 Å². The zero-order valence-electron chi connectivity index (χ0n) is 9.65. The molecule has 0 aliphatic rings. The smallest absolute Gasteiger partial charge is 0.153 e. The van der Waals surface area contributed by atoms with Crippen molar-refractivity contribution in [2.45, 2.75) is 0 Å². The van der Waals surface area contributed by atoms with Crippen LogP contribution in [-0.2, 0) is 0 Å². The highest BCUT2D eigenvalue weighted by Crippen LogP contribution is 2.36. The number of aromatic amines is 1. The fourth-order valence-corrected chi connectivity index (χ4v) is 2.58. The first kappa shape index (κ1) is 11.9. The Bertz CT molecular complexity index is 720. The van der Waals surface area contributed by atoms with Crippen LogP contribution >= 0.6 is 11.3 Å². The van der Waals surface area contributed by atoms with Crippen molar-refractivity contribution in [1.82, 2.24) is 10.2 Å². The third kappa shape index (κ3) is 2.00. The van der Waals surface area contributed by atoms with Crippen molar-refractivity contribution < 1.29 is 8.78 Å². The molecule has 0 spiro atoms. The van der Waals surface area contributed by atoms with Crippen molar-refractivity contribution in [1.29, 1.82) is 0 Å². The van der Waals surface area contributed by atoms with Crippen LogP contribution in [0.4, 0.5) is 14.6 Å². The van der Waals surface area contributed by atoms with Gasteiger partial charge in [-0.05, 0) is 23.6 Å².